The molecule has 1 fully saturated rings. The average Bonchev–Trinajstić information content (AvgIpc) is 3.33. The van der Waals surface area contributed by atoms with Crippen LogP contribution in [0.2, 0.25) is 0 Å². The lowest BCUT2D eigenvalue weighted by molar-refractivity contribution is 0.102. The van der Waals surface area contributed by atoms with E-state index in [1.54, 1.807) is 12.1 Å². The summed E-state index contributed by atoms with van der Waals surface area (Å²) in [5.41, 5.74) is 1.82. The number of benzene rings is 2. The Hall–Kier alpha value is -2.95. The van der Waals surface area contributed by atoms with Gasteiger partial charge in [0.05, 0.1) is 10.6 Å². The Balaban J connectivity index is 1.32. The molecule has 3 aromatic rings. The van der Waals surface area contributed by atoms with Crippen molar-refractivity contribution in [1.82, 2.24) is 9.29 Å². The minimum Gasteiger partial charge on any atom is -0.486 e. The number of nitrogens with zero attached hydrogens (tertiary/aromatic N) is 2. The summed E-state index contributed by atoms with van der Waals surface area (Å²) in [6.45, 7) is 2.06. The Bertz CT molecular complexity index is 1280. The number of thiazole rings is 1. The number of hydrogen-bond acceptors (Lipinski definition) is 7. The maximum Gasteiger partial charge on any atom is 0.257 e. The van der Waals surface area contributed by atoms with E-state index >= 15 is 0 Å². The highest BCUT2D eigenvalue weighted by atomic mass is 32.2. The molecule has 8 nitrogen and oxygen atoms in total. The molecule has 1 amide bonds. The van der Waals surface area contributed by atoms with E-state index in [0.717, 1.165) is 24.8 Å². The number of amides is 1. The minimum absolute atomic E-state index is 0.133. The third-order valence-electron chi connectivity index (χ3n) is 5.61. The van der Waals surface area contributed by atoms with Gasteiger partial charge in [0.2, 0.25) is 10.0 Å². The van der Waals surface area contributed by atoms with Crippen LogP contribution in [-0.2, 0) is 10.0 Å². The predicted molar refractivity (Wildman–Crippen MR) is 126 cm³/mol. The maximum atomic E-state index is 12.9. The van der Waals surface area contributed by atoms with Gasteiger partial charge < -0.3 is 9.47 Å². The Labute approximate surface area is 196 Å². The molecule has 172 valence electrons. The van der Waals surface area contributed by atoms with Crippen LogP contribution in [-0.4, -0.2) is 49.9 Å². The van der Waals surface area contributed by atoms with Crippen molar-refractivity contribution in [1.29, 1.82) is 0 Å². The molecule has 0 bridgehead atoms. The highest BCUT2D eigenvalue weighted by Crippen LogP contribution is 2.35. The molecule has 0 unspecified atom stereocenters. The quantitative estimate of drug-likeness (QED) is 0.587. The molecule has 10 heteroatoms. The predicted octanol–water partition coefficient (Wildman–Crippen LogP) is 4.01. The van der Waals surface area contributed by atoms with Gasteiger partial charge in [0.25, 0.3) is 5.91 Å². The molecule has 1 aromatic heterocycles. The summed E-state index contributed by atoms with van der Waals surface area (Å²) < 4.78 is 38.6. The summed E-state index contributed by atoms with van der Waals surface area (Å²) in [5.74, 6) is 0.964. The van der Waals surface area contributed by atoms with E-state index in [4.69, 9.17) is 9.47 Å². The Morgan fingerprint density at radius 3 is 2.61 bits per heavy atom. The maximum absolute atomic E-state index is 12.9. The normalized spacial score (nSPS) is 16.4. The van der Waals surface area contributed by atoms with Crippen molar-refractivity contribution in [2.24, 2.45) is 0 Å². The molecular formula is C23H23N3O5S2. The zero-order valence-corrected chi connectivity index (χ0v) is 19.5. The van der Waals surface area contributed by atoms with Gasteiger partial charge in [-0.25, -0.2) is 13.4 Å². The SMILES string of the molecule is O=C(Nc1nc(-c2ccc3c(c2)OCCO3)cs1)c1cccc(S(=O)(=O)N2CCCCC2)c1. The van der Waals surface area contributed by atoms with E-state index in [2.05, 4.69) is 10.3 Å². The first kappa shape index (κ1) is 21.9. The third-order valence-corrected chi connectivity index (χ3v) is 8.26. The lowest BCUT2D eigenvalue weighted by Gasteiger charge is -2.26. The van der Waals surface area contributed by atoms with Crippen molar-refractivity contribution in [3.8, 4) is 22.8 Å². The topological polar surface area (TPSA) is 97.8 Å². The highest BCUT2D eigenvalue weighted by Gasteiger charge is 2.26. The fourth-order valence-electron chi connectivity index (χ4n) is 3.89. The second-order valence-electron chi connectivity index (χ2n) is 7.84. The van der Waals surface area contributed by atoms with Crippen LogP contribution >= 0.6 is 11.3 Å². The number of aromatic nitrogens is 1. The zero-order chi connectivity index (χ0) is 22.8. The van der Waals surface area contributed by atoms with Crippen LogP contribution in [0.1, 0.15) is 29.6 Å². The van der Waals surface area contributed by atoms with Gasteiger partial charge >= 0.3 is 0 Å². The number of piperidine rings is 1. The van der Waals surface area contributed by atoms with E-state index in [-0.39, 0.29) is 10.5 Å². The molecule has 0 radical (unpaired) electrons. The zero-order valence-electron chi connectivity index (χ0n) is 17.8. The van der Waals surface area contributed by atoms with Crippen molar-refractivity contribution in [3.63, 3.8) is 0 Å². The van der Waals surface area contributed by atoms with E-state index in [0.29, 0.717) is 48.6 Å². The monoisotopic (exact) mass is 485 g/mol. The number of rotatable bonds is 5. The molecule has 2 aliphatic rings. The van der Waals surface area contributed by atoms with Crippen LogP contribution in [0.5, 0.6) is 11.5 Å². The summed E-state index contributed by atoms with van der Waals surface area (Å²) in [4.78, 5) is 17.5. The van der Waals surface area contributed by atoms with Gasteiger partial charge in [-0.05, 0) is 49.2 Å². The van der Waals surface area contributed by atoms with Gasteiger partial charge in [0.1, 0.15) is 13.2 Å². The largest absolute Gasteiger partial charge is 0.486 e. The van der Waals surface area contributed by atoms with Crippen LogP contribution in [0, 0.1) is 0 Å². The van der Waals surface area contributed by atoms with Gasteiger partial charge in [-0.1, -0.05) is 12.5 Å². The summed E-state index contributed by atoms with van der Waals surface area (Å²) in [5, 5.41) is 5.04. The number of carbonyl (C=O) groups excluding carboxylic acids is 1. The van der Waals surface area contributed by atoms with Gasteiger partial charge in [0.15, 0.2) is 16.6 Å². The second-order valence-corrected chi connectivity index (χ2v) is 10.6. The first-order valence-corrected chi connectivity index (χ1v) is 13.1. The standard InChI is InChI=1S/C23H23N3O5S2/c27-22(17-5-4-6-18(13-17)33(28,29)26-9-2-1-3-10-26)25-23-24-19(15-32-23)16-7-8-20-21(14-16)31-12-11-30-20/h4-8,13-15H,1-3,9-12H2,(H,24,25,27). The average molecular weight is 486 g/mol. The smallest absolute Gasteiger partial charge is 0.257 e. The fourth-order valence-corrected chi connectivity index (χ4v) is 6.17. The van der Waals surface area contributed by atoms with Crippen molar-refractivity contribution in [3.05, 3.63) is 53.4 Å². The van der Waals surface area contributed by atoms with Crippen LogP contribution in [0.4, 0.5) is 5.13 Å². The summed E-state index contributed by atoms with van der Waals surface area (Å²) in [6.07, 6.45) is 2.75. The number of carbonyl (C=O) groups is 1. The molecule has 2 aromatic carbocycles. The minimum atomic E-state index is -3.61. The van der Waals surface area contributed by atoms with Crippen LogP contribution in [0.3, 0.4) is 0 Å². The van der Waals surface area contributed by atoms with E-state index in [1.807, 2.05) is 23.6 Å². The van der Waals surface area contributed by atoms with Crippen molar-refractivity contribution in [2.45, 2.75) is 24.2 Å². The first-order chi connectivity index (χ1) is 16.0. The molecular weight excluding hydrogens is 462 g/mol. The molecule has 1 saturated heterocycles. The van der Waals surface area contributed by atoms with E-state index < -0.39 is 15.9 Å². The lowest BCUT2D eigenvalue weighted by atomic mass is 10.1. The number of hydrogen-bond donors (Lipinski definition) is 1. The van der Waals surface area contributed by atoms with Crippen LogP contribution in [0.15, 0.2) is 52.7 Å². The molecule has 0 spiro atoms. The van der Waals surface area contributed by atoms with E-state index in [1.165, 1.54) is 27.8 Å². The second kappa shape index (κ2) is 9.12. The molecule has 3 heterocycles. The fraction of sp³-hybridized carbons (Fsp3) is 0.304. The van der Waals surface area contributed by atoms with Gasteiger partial charge in [-0.3, -0.25) is 10.1 Å². The number of anilines is 1. The van der Waals surface area contributed by atoms with Crippen molar-refractivity contribution >= 4 is 32.4 Å². The molecule has 5 rings (SSSR count). The number of nitrogens with one attached hydrogen (secondary N) is 1. The van der Waals surface area contributed by atoms with E-state index in [9.17, 15) is 13.2 Å². The van der Waals surface area contributed by atoms with Crippen LogP contribution < -0.4 is 14.8 Å². The molecule has 33 heavy (non-hydrogen) atoms. The lowest BCUT2D eigenvalue weighted by Crippen LogP contribution is -2.35. The first-order valence-electron chi connectivity index (χ1n) is 10.8. The molecule has 1 N–H and O–H groups in total. The van der Waals surface area contributed by atoms with Gasteiger partial charge in [-0.2, -0.15) is 4.31 Å². The number of ether oxygens (including phenoxy) is 2. The van der Waals surface area contributed by atoms with Crippen LogP contribution in [0.25, 0.3) is 11.3 Å². The Morgan fingerprint density at radius 2 is 1.79 bits per heavy atom. The van der Waals surface area contributed by atoms with Gasteiger partial charge in [0, 0.05) is 29.6 Å². The highest BCUT2D eigenvalue weighted by molar-refractivity contribution is 7.89. The molecule has 0 aliphatic carbocycles. The Morgan fingerprint density at radius 1 is 1.00 bits per heavy atom. The number of fused-ring (bicyclic) bond motifs is 1. The van der Waals surface area contributed by atoms with Crippen molar-refractivity contribution < 1.29 is 22.7 Å². The summed E-state index contributed by atoms with van der Waals surface area (Å²) in [7, 11) is -3.61. The summed E-state index contributed by atoms with van der Waals surface area (Å²) >= 11 is 1.30. The molecule has 0 saturated carbocycles. The third kappa shape index (κ3) is 4.59. The Kier molecular flexibility index (Phi) is 6.05. The number of sulfonamides is 1. The van der Waals surface area contributed by atoms with Gasteiger partial charge in [-0.15, -0.1) is 11.3 Å². The summed E-state index contributed by atoms with van der Waals surface area (Å²) in [6, 6.07) is 11.7. The van der Waals surface area contributed by atoms with Crippen molar-refractivity contribution in [2.75, 3.05) is 31.6 Å². The molecule has 2 aliphatic heterocycles. The molecule has 0 atom stereocenters.